The van der Waals surface area contributed by atoms with Gasteiger partial charge in [0.1, 0.15) is 0 Å². The summed E-state index contributed by atoms with van der Waals surface area (Å²) in [6.07, 6.45) is 4.02. The first-order valence-corrected chi connectivity index (χ1v) is 8.96. The van der Waals surface area contributed by atoms with E-state index in [1.165, 1.54) is 4.90 Å². The third kappa shape index (κ3) is 2.60. The number of amides is 3. The van der Waals surface area contributed by atoms with E-state index in [0.717, 1.165) is 25.7 Å². The van der Waals surface area contributed by atoms with Crippen molar-refractivity contribution in [1.82, 2.24) is 0 Å². The highest BCUT2D eigenvalue weighted by Crippen LogP contribution is 2.34. The van der Waals surface area contributed by atoms with Crippen molar-refractivity contribution in [2.75, 3.05) is 10.2 Å². The van der Waals surface area contributed by atoms with Gasteiger partial charge in [-0.05, 0) is 49.6 Å². The first-order chi connectivity index (χ1) is 12.6. The number of carbonyl (C=O) groups is 3. The van der Waals surface area contributed by atoms with Crippen molar-refractivity contribution in [2.45, 2.75) is 32.6 Å². The molecule has 1 N–H and O–H groups in total. The molecule has 4 rings (SSSR count). The van der Waals surface area contributed by atoms with Crippen LogP contribution in [0.5, 0.6) is 0 Å². The number of hydrogen-bond donors (Lipinski definition) is 1. The summed E-state index contributed by atoms with van der Waals surface area (Å²) in [7, 11) is 0. The van der Waals surface area contributed by atoms with Crippen molar-refractivity contribution < 1.29 is 14.4 Å². The van der Waals surface area contributed by atoms with Crippen LogP contribution in [0.15, 0.2) is 42.5 Å². The maximum absolute atomic E-state index is 12.7. The van der Waals surface area contributed by atoms with E-state index in [2.05, 4.69) is 5.32 Å². The Hall–Kier alpha value is -2.95. The zero-order valence-corrected chi connectivity index (χ0v) is 14.6. The van der Waals surface area contributed by atoms with Gasteiger partial charge in [-0.3, -0.25) is 14.4 Å². The van der Waals surface area contributed by atoms with Crippen LogP contribution in [0, 0.1) is 12.8 Å². The lowest BCUT2D eigenvalue weighted by atomic mass is 10.1. The largest absolute Gasteiger partial charge is 0.326 e. The normalized spacial score (nSPS) is 16.9. The van der Waals surface area contributed by atoms with Crippen molar-refractivity contribution in [3.05, 3.63) is 59.2 Å². The molecule has 0 aromatic heterocycles. The van der Waals surface area contributed by atoms with Gasteiger partial charge in [-0.1, -0.05) is 31.0 Å². The Morgan fingerprint density at radius 1 is 0.962 bits per heavy atom. The maximum Gasteiger partial charge on any atom is 0.266 e. The minimum Gasteiger partial charge on any atom is -0.326 e. The van der Waals surface area contributed by atoms with Gasteiger partial charge in [-0.25, -0.2) is 4.90 Å². The Morgan fingerprint density at radius 2 is 1.58 bits per heavy atom. The Labute approximate surface area is 152 Å². The molecule has 5 heteroatoms. The van der Waals surface area contributed by atoms with Crippen LogP contribution in [-0.2, 0) is 4.79 Å². The molecule has 1 saturated carbocycles. The van der Waals surface area contributed by atoms with E-state index in [0.29, 0.717) is 28.1 Å². The highest BCUT2D eigenvalue weighted by molar-refractivity contribution is 6.34. The lowest BCUT2D eigenvalue weighted by Gasteiger charge is -2.20. The van der Waals surface area contributed by atoms with Gasteiger partial charge >= 0.3 is 0 Å². The van der Waals surface area contributed by atoms with Crippen LogP contribution in [0.4, 0.5) is 11.4 Å². The van der Waals surface area contributed by atoms with Gasteiger partial charge in [0, 0.05) is 11.6 Å². The van der Waals surface area contributed by atoms with Gasteiger partial charge in [-0.2, -0.15) is 0 Å². The molecule has 1 aliphatic carbocycles. The molecule has 1 fully saturated rings. The molecule has 5 nitrogen and oxygen atoms in total. The summed E-state index contributed by atoms with van der Waals surface area (Å²) in [5.41, 5.74) is 2.71. The molecule has 132 valence electrons. The number of imide groups is 1. The third-order valence-electron chi connectivity index (χ3n) is 5.32. The standard InChI is InChI=1S/C21H20N2O3/c1-13-17(22-19(24)14-7-2-3-8-14)11-6-12-18(13)23-20(25)15-9-4-5-10-16(15)21(23)26/h4-6,9-12,14H,2-3,7-8H2,1H3,(H,22,24). The van der Waals surface area contributed by atoms with Gasteiger partial charge in [0.15, 0.2) is 0 Å². The minimum atomic E-state index is -0.326. The summed E-state index contributed by atoms with van der Waals surface area (Å²) in [6, 6.07) is 12.1. The minimum absolute atomic E-state index is 0.0186. The van der Waals surface area contributed by atoms with Gasteiger partial charge in [0.25, 0.3) is 11.8 Å². The fourth-order valence-electron chi connectivity index (χ4n) is 3.83. The van der Waals surface area contributed by atoms with Crippen LogP contribution < -0.4 is 10.2 Å². The summed E-state index contributed by atoms with van der Waals surface area (Å²) >= 11 is 0. The van der Waals surface area contributed by atoms with Gasteiger partial charge in [-0.15, -0.1) is 0 Å². The van der Waals surface area contributed by atoms with E-state index >= 15 is 0 Å². The molecule has 1 aliphatic heterocycles. The van der Waals surface area contributed by atoms with Crippen molar-refractivity contribution in [3.8, 4) is 0 Å². The average molecular weight is 348 g/mol. The second-order valence-electron chi connectivity index (χ2n) is 6.91. The maximum atomic E-state index is 12.7. The second-order valence-corrected chi connectivity index (χ2v) is 6.91. The van der Waals surface area contributed by atoms with Crippen molar-refractivity contribution in [2.24, 2.45) is 5.92 Å². The quantitative estimate of drug-likeness (QED) is 0.855. The molecular formula is C21H20N2O3. The highest BCUT2D eigenvalue weighted by Gasteiger charge is 2.37. The topological polar surface area (TPSA) is 66.5 Å². The number of carbonyl (C=O) groups excluding carboxylic acids is 3. The van der Waals surface area contributed by atoms with Crippen molar-refractivity contribution in [3.63, 3.8) is 0 Å². The Morgan fingerprint density at radius 3 is 2.19 bits per heavy atom. The molecule has 2 aromatic carbocycles. The predicted molar refractivity (Wildman–Crippen MR) is 99.3 cm³/mol. The van der Waals surface area contributed by atoms with E-state index in [4.69, 9.17) is 0 Å². The van der Waals surface area contributed by atoms with Crippen LogP contribution >= 0.6 is 0 Å². The molecule has 0 unspecified atom stereocenters. The van der Waals surface area contributed by atoms with E-state index in [-0.39, 0.29) is 23.6 Å². The summed E-state index contributed by atoms with van der Waals surface area (Å²) in [5, 5.41) is 2.98. The van der Waals surface area contributed by atoms with Crippen LogP contribution in [0.3, 0.4) is 0 Å². The zero-order chi connectivity index (χ0) is 18.3. The number of anilines is 2. The van der Waals surface area contributed by atoms with Gasteiger partial charge in [0.05, 0.1) is 16.8 Å². The summed E-state index contributed by atoms with van der Waals surface area (Å²) in [6.45, 7) is 1.82. The number of nitrogens with one attached hydrogen (secondary N) is 1. The SMILES string of the molecule is Cc1c(NC(=O)C2CCCC2)cccc1N1C(=O)c2ccccc2C1=O. The summed E-state index contributed by atoms with van der Waals surface area (Å²) in [4.78, 5) is 39.1. The Bertz CT molecular complexity index is 878. The van der Waals surface area contributed by atoms with E-state index in [1.54, 1.807) is 36.4 Å². The monoisotopic (exact) mass is 348 g/mol. The third-order valence-corrected chi connectivity index (χ3v) is 5.32. The molecule has 26 heavy (non-hydrogen) atoms. The average Bonchev–Trinajstić information content (AvgIpc) is 3.26. The van der Waals surface area contributed by atoms with E-state index in [9.17, 15) is 14.4 Å². The fraction of sp³-hybridized carbons (Fsp3) is 0.286. The van der Waals surface area contributed by atoms with Crippen LogP contribution in [-0.4, -0.2) is 17.7 Å². The van der Waals surface area contributed by atoms with Crippen LogP contribution in [0.1, 0.15) is 52.0 Å². The summed E-state index contributed by atoms with van der Waals surface area (Å²) < 4.78 is 0. The molecule has 0 atom stereocenters. The lowest BCUT2D eigenvalue weighted by molar-refractivity contribution is -0.119. The Kier molecular flexibility index (Phi) is 4.07. The Balaban J connectivity index is 1.65. The number of nitrogens with zero attached hydrogens (tertiary/aromatic N) is 1. The highest BCUT2D eigenvalue weighted by atomic mass is 16.2. The van der Waals surface area contributed by atoms with E-state index in [1.807, 2.05) is 13.0 Å². The van der Waals surface area contributed by atoms with E-state index < -0.39 is 0 Å². The van der Waals surface area contributed by atoms with Crippen molar-refractivity contribution >= 4 is 29.1 Å². The number of benzene rings is 2. The van der Waals surface area contributed by atoms with Crippen LogP contribution in [0.2, 0.25) is 0 Å². The van der Waals surface area contributed by atoms with Crippen molar-refractivity contribution in [1.29, 1.82) is 0 Å². The van der Waals surface area contributed by atoms with Crippen LogP contribution in [0.25, 0.3) is 0 Å². The molecule has 1 heterocycles. The number of fused-ring (bicyclic) bond motifs is 1. The fourth-order valence-corrected chi connectivity index (χ4v) is 3.83. The molecule has 0 radical (unpaired) electrons. The first kappa shape index (κ1) is 16.5. The number of hydrogen-bond acceptors (Lipinski definition) is 3. The number of rotatable bonds is 3. The van der Waals surface area contributed by atoms with Gasteiger partial charge < -0.3 is 5.32 Å². The lowest BCUT2D eigenvalue weighted by Crippen LogP contribution is -2.30. The molecule has 0 spiro atoms. The predicted octanol–water partition coefficient (Wildman–Crippen LogP) is 3.92. The molecular weight excluding hydrogens is 328 g/mol. The summed E-state index contributed by atoms with van der Waals surface area (Å²) in [5.74, 6) is -0.580. The molecule has 2 aromatic rings. The smallest absolute Gasteiger partial charge is 0.266 e. The zero-order valence-electron chi connectivity index (χ0n) is 14.6. The molecule has 3 amide bonds. The molecule has 2 aliphatic rings. The first-order valence-electron chi connectivity index (χ1n) is 8.96. The van der Waals surface area contributed by atoms with Gasteiger partial charge in [0.2, 0.25) is 5.91 Å². The molecule has 0 bridgehead atoms. The second kappa shape index (κ2) is 6.41. The molecule has 0 saturated heterocycles.